The van der Waals surface area contributed by atoms with Crippen molar-refractivity contribution in [1.82, 2.24) is 29.5 Å². The zero-order chi connectivity index (χ0) is 21.8. The summed E-state index contributed by atoms with van der Waals surface area (Å²) in [5, 5.41) is 8.89. The van der Waals surface area contributed by atoms with Crippen LogP contribution in [0.15, 0.2) is 66.1 Å². The summed E-state index contributed by atoms with van der Waals surface area (Å²) in [6, 6.07) is 9.40. The minimum Gasteiger partial charge on any atom is -0.491 e. The van der Waals surface area contributed by atoms with Crippen LogP contribution in [0.25, 0.3) is 17.1 Å². The second-order valence-corrected chi connectivity index (χ2v) is 7.09. The number of aromatic nitrogens is 6. The van der Waals surface area contributed by atoms with E-state index in [4.69, 9.17) is 4.74 Å². The van der Waals surface area contributed by atoms with Crippen molar-refractivity contribution < 1.29 is 4.74 Å². The van der Waals surface area contributed by atoms with Crippen LogP contribution >= 0.6 is 0 Å². The molecule has 0 fully saturated rings. The molecule has 158 valence electrons. The van der Waals surface area contributed by atoms with Crippen LogP contribution in [0.3, 0.4) is 0 Å². The Hall–Kier alpha value is -3.81. The SMILES string of the molecule is CCOc1cnc(-c2cccc(C(C)c3nn(-c4cnn(CC)c4)ccc3=O)c2)nc1. The Balaban J connectivity index is 1.65. The monoisotopic (exact) mass is 416 g/mol. The highest BCUT2D eigenvalue weighted by molar-refractivity contribution is 5.57. The molecule has 0 spiro atoms. The Labute approximate surface area is 180 Å². The van der Waals surface area contributed by atoms with Gasteiger partial charge >= 0.3 is 0 Å². The molecule has 0 aliphatic carbocycles. The van der Waals surface area contributed by atoms with Crippen LogP contribution in [0.1, 0.15) is 37.9 Å². The molecule has 0 aliphatic rings. The number of nitrogens with zero attached hydrogens (tertiary/aromatic N) is 6. The van der Waals surface area contributed by atoms with Gasteiger partial charge in [-0.1, -0.05) is 25.1 Å². The van der Waals surface area contributed by atoms with Crippen molar-refractivity contribution in [3.63, 3.8) is 0 Å². The second kappa shape index (κ2) is 8.91. The number of aryl methyl sites for hydroxylation is 1. The number of hydrogen-bond donors (Lipinski definition) is 0. The molecule has 4 aromatic rings. The van der Waals surface area contributed by atoms with E-state index < -0.39 is 0 Å². The van der Waals surface area contributed by atoms with Crippen molar-refractivity contribution in [2.24, 2.45) is 0 Å². The Morgan fingerprint density at radius 1 is 1.10 bits per heavy atom. The lowest BCUT2D eigenvalue weighted by Gasteiger charge is -2.13. The summed E-state index contributed by atoms with van der Waals surface area (Å²) in [4.78, 5) is 21.4. The fourth-order valence-corrected chi connectivity index (χ4v) is 3.32. The van der Waals surface area contributed by atoms with E-state index in [0.717, 1.165) is 23.4 Å². The molecule has 1 unspecified atom stereocenters. The third-order valence-electron chi connectivity index (χ3n) is 5.04. The maximum absolute atomic E-state index is 12.6. The fourth-order valence-electron chi connectivity index (χ4n) is 3.32. The van der Waals surface area contributed by atoms with Gasteiger partial charge in [0, 0.05) is 30.3 Å². The van der Waals surface area contributed by atoms with E-state index in [1.54, 1.807) is 35.5 Å². The van der Waals surface area contributed by atoms with Gasteiger partial charge in [0.2, 0.25) is 5.43 Å². The predicted molar refractivity (Wildman–Crippen MR) is 117 cm³/mol. The van der Waals surface area contributed by atoms with E-state index >= 15 is 0 Å². The predicted octanol–water partition coefficient (Wildman–Crippen LogP) is 3.46. The Kier molecular flexibility index (Phi) is 5.88. The van der Waals surface area contributed by atoms with Crippen molar-refractivity contribution in [3.8, 4) is 22.8 Å². The Morgan fingerprint density at radius 3 is 2.61 bits per heavy atom. The largest absolute Gasteiger partial charge is 0.491 e. The number of rotatable bonds is 7. The van der Waals surface area contributed by atoms with Gasteiger partial charge in [-0.05, 0) is 25.5 Å². The lowest BCUT2D eigenvalue weighted by molar-refractivity contribution is 0.337. The highest BCUT2D eigenvalue weighted by atomic mass is 16.5. The first-order valence-corrected chi connectivity index (χ1v) is 10.3. The third-order valence-corrected chi connectivity index (χ3v) is 5.04. The number of ether oxygens (including phenoxy) is 1. The summed E-state index contributed by atoms with van der Waals surface area (Å²) in [7, 11) is 0. The van der Waals surface area contributed by atoms with Crippen LogP contribution in [-0.4, -0.2) is 36.1 Å². The zero-order valence-electron chi connectivity index (χ0n) is 17.8. The minimum absolute atomic E-state index is 0.102. The zero-order valence-corrected chi connectivity index (χ0v) is 17.8. The standard InChI is InChI=1S/C23H24N6O2/c1-4-28-15-19(12-26-28)29-10-9-21(30)22(27-29)16(3)17-7-6-8-18(11-17)23-24-13-20(14-25-23)31-5-2/h6-16H,4-5H2,1-3H3. The maximum Gasteiger partial charge on any atom is 0.203 e. The fraction of sp³-hybridized carbons (Fsp3) is 0.261. The molecule has 0 bridgehead atoms. The maximum atomic E-state index is 12.6. The van der Waals surface area contributed by atoms with E-state index in [-0.39, 0.29) is 11.3 Å². The summed E-state index contributed by atoms with van der Waals surface area (Å²) in [6.45, 7) is 7.24. The van der Waals surface area contributed by atoms with Gasteiger partial charge in [0.05, 0.1) is 31.4 Å². The molecule has 8 heteroatoms. The van der Waals surface area contributed by atoms with E-state index in [9.17, 15) is 4.79 Å². The van der Waals surface area contributed by atoms with Gasteiger partial charge in [-0.15, -0.1) is 0 Å². The molecule has 0 saturated heterocycles. The molecule has 8 nitrogen and oxygen atoms in total. The minimum atomic E-state index is -0.205. The highest BCUT2D eigenvalue weighted by Gasteiger charge is 2.16. The molecular formula is C23H24N6O2. The van der Waals surface area contributed by atoms with Crippen LogP contribution < -0.4 is 10.2 Å². The molecule has 3 heterocycles. The summed E-state index contributed by atoms with van der Waals surface area (Å²) >= 11 is 0. The summed E-state index contributed by atoms with van der Waals surface area (Å²) in [5.74, 6) is 1.03. The van der Waals surface area contributed by atoms with Crippen LogP contribution in [0.5, 0.6) is 5.75 Å². The molecule has 0 amide bonds. The normalized spacial score (nSPS) is 12.0. The third kappa shape index (κ3) is 4.37. The summed E-state index contributed by atoms with van der Waals surface area (Å²) in [6.07, 6.45) is 8.63. The van der Waals surface area contributed by atoms with Gasteiger partial charge in [0.1, 0.15) is 11.4 Å². The van der Waals surface area contributed by atoms with Gasteiger partial charge in [0.15, 0.2) is 11.6 Å². The van der Waals surface area contributed by atoms with Crippen molar-refractivity contribution in [3.05, 3.63) is 82.8 Å². The van der Waals surface area contributed by atoms with E-state index in [0.29, 0.717) is 23.9 Å². The first-order chi connectivity index (χ1) is 15.1. The van der Waals surface area contributed by atoms with E-state index in [1.165, 1.54) is 0 Å². The molecule has 0 N–H and O–H groups in total. The quantitative estimate of drug-likeness (QED) is 0.458. The molecule has 0 saturated carbocycles. The van der Waals surface area contributed by atoms with Crippen LogP contribution in [0.2, 0.25) is 0 Å². The smallest absolute Gasteiger partial charge is 0.203 e. The van der Waals surface area contributed by atoms with Crippen molar-refractivity contribution in [2.45, 2.75) is 33.2 Å². The molecule has 0 radical (unpaired) electrons. The van der Waals surface area contributed by atoms with Gasteiger partial charge in [0.25, 0.3) is 0 Å². The van der Waals surface area contributed by atoms with Crippen LogP contribution in [0.4, 0.5) is 0 Å². The van der Waals surface area contributed by atoms with Crippen molar-refractivity contribution in [2.75, 3.05) is 6.61 Å². The van der Waals surface area contributed by atoms with Crippen molar-refractivity contribution >= 4 is 0 Å². The molecule has 1 aromatic carbocycles. The van der Waals surface area contributed by atoms with Gasteiger partial charge in [-0.3, -0.25) is 9.48 Å². The molecule has 31 heavy (non-hydrogen) atoms. The molecule has 1 atom stereocenters. The highest BCUT2D eigenvalue weighted by Crippen LogP contribution is 2.25. The van der Waals surface area contributed by atoms with Crippen LogP contribution in [-0.2, 0) is 6.54 Å². The summed E-state index contributed by atoms with van der Waals surface area (Å²) in [5.41, 5.74) is 3.01. The molecule has 0 aliphatic heterocycles. The second-order valence-electron chi connectivity index (χ2n) is 7.09. The van der Waals surface area contributed by atoms with Gasteiger partial charge in [-0.2, -0.15) is 10.2 Å². The average Bonchev–Trinajstić information content (AvgIpc) is 3.29. The average molecular weight is 416 g/mol. The number of hydrogen-bond acceptors (Lipinski definition) is 6. The lowest BCUT2D eigenvalue weighted by Crippen LogP contribution is -2.18. The first-order valence-electron chi connectivity index (χ1n) is 10.3. The molecule has 3 aromatic heterocycles. The number of benzene rings is 1. The lowest BCUT2D eigenvalue weighted by atomic mass is 9.95. The topological polar surface area (TPSA) is 87.7 Å². The van der Waals surface area contributed by atoms with E-state index in [2.05, 4.69) is 20.2 Å². The Bertz CT molecular complexity index is 1230. The Morgan fingerprint density at radius 2 is 1.90 bits per heavy atom. The molecule has 4 rings (SSSR count). The van der Waals surface area contributed by atoms with E-state index in [1.807, 2.05) is 55.9 Å². The molecular weight excluding hydrogens is 392 g/mol. The summed E-state index contributed by atoms with van der Waals surface area (Å²) < 4.78 is 8.91. The van der Waals surface area contributed by atoms with Crippen LogP contribution in [0, 0.1) is 0 Å². The first kappa shape index (κ1) is 20.5. The van der Waals surface area contributed by atoms with Gasteiger partial charge < -0.3 is 4.74 Å². The van der Waals surface area contributed by atoms with Crippen molar-refractivity contribution in [1.29, 1.82) is 0 Å². The van der Waals surface area contributed by atoms with Gasteiger partial charge in [-0.25, -0.2) is 14.6 Å².